The SMILES string of the molecule is CCC1(C(=O)O)CCCN1c1ccc(C(N)=O)cc1Br. The number of hydrogen-bond donors (Lipinski definition) is 2. The highest BCUT2D eigenvalue weighted by atomic mass is 79.9. The zero-order chi connectivity index (χ0) is 14.9. The Morgan fingerprint density at radius 2 is 2.20 bits per heavy atom. The number of anilines is 1. The summed E-state index contributed by atoms with van der Waals surface area (Å²) in [6, 6.07) is 5.02. The van der Waals surface area contributed by atoms with Crippen LogP contribution in [-0.2, 0) is 4.79 Å². The molecule has 0 saturated carbocycles. The van der Waals surface area contributed by atoms with Gasteiger partial charge < -0.3 is 15.7 Å². The number of carboxylic acid groups (broad SMARTS) is 1. The van der Waals surface area contributed by atoms with Crippen LogP contribution in [0, 0.1) is 0 Å². The summed E-state index contributed by atoms with van der Waals surface area (Å²) in [5, 5.41) is 9.60. The standard InChI is InChI=1S/C14H17BrN2O3/c1-2-14(13(19)20)6-3-7-17(14)11-5-4-9(12(16)18)8-10(11)15/h4-5,8H,2-3,6-7H2,1H3,(H2,16,18)(H,19,20). The normalized spacial score (nSPS) is 22.0. The van der Waals surface area contributed by atoms with Gasteiger partial charge in [0.05, 0.1) is 5.69 Å². The zero-order valence-corrected chi connectivity index (χ0v) is 12.8. The second-order valence-electron chi connectivity index (χ2n) is 4.98. The highest BCUT2D eigenvalue weighted by Crippen LogP contribution is 2.40. The molecular formula is C14H17BrN2O3. The summed E-state index contributed by atoms with van der Waals surface area (Å²) in [7, 11) is 0. The molecule has 0 aromatic heterocycles. The average molecular weight is 341 g/mol. The van der Waals surface area contributed by atoms with Gasteiger partial charge in [-0.25, -0.2) is 4.79 Å². The van der Waals surface area contributed by atoms with Gasteiger partial charge in [-0.1, -0.05) is 6.92 Å². The summed E-state index contributed by atoms with van der Waals surface area (Å²) < 4.78 is 0.690. The fourth-order valence-corrected chi connectivity index (χ4v) is 3.44. The average Bonchev–Trinajstić information content (AvgIpc) is 2.83. The van der Waals surface area contributed by atoms with E-state index < -0.39 is 17.4 Å². The summed E-state index contributed by atoms with van der Waals surface area (Å²) in [5.41, 5.74) is 5.57. The molecule has 1 saturated heterocycles. The van der Waals surface area contributed by atoms with E-state index >= 15 is 0 Å². The minimum Gasteiger partial charge on any atom is -0.479 e. The number of rotatable bonds is 4. The van der Waals surface area contributed by atoms with Gasteiger partial charge in [-0.2, -0.15) is 0 Å². The maximum absolute atomic E-state index is 11.7. The quantitative estimate of drug-likeness (QED) is 0.881. The zero-order valence-electron chi connectivity index (χ0n) is 11.2. The Kier molecular flexibility index (Phi) is 4.04. The molecule has 1 amide bonds. The van der Waals surface area contributed by atoms with Crippen LogP contribution in [0.4, 0.5) is 5.69 Å². The fraction of sp³-hybridized carbons (Fsp3) is 0.429. The minimum atomic E-state index is -0.864. The number of benzene rings is 1. The van der Waals surface area contributed by atoms with Crippen LogP contribution >= 0.6 is 15.9 Å². The molecule has 1 fully saturated rings. The van der Waals surface area contributed by atoms with Crippen LogP contribution in [0.5, 0.6) is 0 Å². The molecule has 1 aromatic rings. The lowest BCUT2D eigenvalue weighted by Crippen LogP contribution is -2.50. The van der Waals surface area contributed by atoms with Crippen LogP contribution < -0.4 is 10.6 Å². The number of carboxylic acids is 1. The largest absolute Gasteiger partial charge is 0.479 e. The lowest BCUT2D eigenvalue weighted by atomic mass is 9.92. The van der Waals surface area contributed by atoms with E-state index in [0.29, 0.717) is 29.4 Å². The molecule has 1 aliphatic rings. The van der Waals surface area contributed by atoms with Crippen molar-refractivity contribution in [2.45, 2.75) is 31.7 Å². The number of carbonyl (C=O) groups excluding carboxylic acids is 1. The predicted octanol–water partition coefficient (Wildman–Crippen LogP) is 2.38. The van der Waals surface area contributed by atoms with Crippen molar-refractivity contribution in [3.05, 3.63) is 28.2 Å². The minimum absolute atomic E-state index is 0.400. The molecule has 0 aliphatic carbocycles. The summed E-state index contributed by atoms with van der Waals surface area (Å²) in [4.78, 5) is 24.8. The van der Waals surface area contributed by atoms with Crippen LogP contribution in [0.3, 0.4) is 0 Å². The molecule has 5 nitrogen and oxygen atoms in total. The molecule has 0 bridgehead atoms. The molecule has 1 heterocycles. The maximum Gasteiger partial charge on any atom is 0.329 e. The Morgan fingerprint density at radius 1 is 1.50 bits per heavy atom. The molecule has 6 heteroatoms. The molecule has 1 unspecified atom stereocenters. The number of amides is 1. The molecule has 1 aromatic carbocycles. The van der Waals surface area contributed by atoms with Gasteiger partial charge >= 0.3 is 5.97 Å². The summed E-state index contributed by atoms with van der Waals surface area (Å²) in [5.74, 6) is -1.30. The maximum atomic E-state index is 11.7. The second-order valence-corrected chi connectivity index (χ2v) is 5.83. The van der Waals surface area contributed by atoms with Crippen LogP contribution in [0.25, 0.3) is 0 Å². The number of nitrogens with zero attached hydrogens (tertiary/aromatic N) is 1. The van der Waals surface area contributed by atoms with Crippen molar-refractivity contribution in [1.82, 2.24) is 0 Å². The van der Waals surface area contributed by atoms with Gasteiger partial charge in [-0.15, -0.1) is 0 Å². The van der Waals surface area contributed by atoms with Gasteiger partial charge in [0.1, 0.15) is 5.54 Å². The number of halogens is 1. The third-order valence-electron chi connectivity index (χ3n) is 3.99. The third-order valence-corrected chi connectivity index (χ3v) is 4.63. The summed E-state index contributed by atoms with van der Waals surface area (Å²) >= 11 is 3.41. The second kappa shape index (κ2) is 5.44. The number of hydrogen-bond acceptors (Lipinski definition) is 3. The van der Waals surface area contributed by atoms with E-state index in [1.807, 2.05) is 11.8 Å². The van der Waals surface area contributed by atoms with E-state index in [1.54, 1.807) is 18.2 Å². The molecule has 2 rings (SSSR count). The highest BCUT2D eigenvalue weighted by molar-refractivity contribution is 9.10. The first-order valence-corrected chi connectivity index (χ1v) is 7.32. The molecular weight excluding hydrogens is 324 g/mol. The molecule has 0 radical (unpaired) electrons. The van der Waals surface area contributed by atoms with Crippen molar-refractivity contribution < 1.29 is 14.7 Å². The molecule has 1 aliphatic heterocycles. The van der Waals surface area contributed by atoms with E-state index in [-0.39, 0.29) is 0 Å². The van der Waals surface area contributed by atoms with Crippen molar-refractivity contribution in [2.75, 3.05) is 11.4 Å². The first-order chi connectivity index (χ1) is 9.42. The number of nitrogens with two attached hydrogens (primary N) is 1. The Labute approximate surface area is 125 Å². The first kappa shape index (κ1) is 14.8. The van der Waals surface area contributed by atoms with Crippen molar-refractivity contribution in [1.29, 1.82) is 0 Å². The van der Waals surface area contributed by atoms with Crippen molar-refractivity contribution in [2.24, 2.45) is 5.73 Å². The van der Waals surface area contributed by atoms with E-state index in [0.717, 1.165) is 12.1 Å². The van der Waals surface area contributed by atoms with Crippen LogP contribution in [0.2, 0.25) is 0 Å². The number of carbonyl (C=O) groups is 2. The lowest BCUT2D eigenvalue weighted by molar-refractivity contribution is -0.143. The lowest BCUT2D eigenvalue weighted by Gasteiger charge is -2.36. The predicted molar refractivity (Wildman–Crippen MR) is 79.9 cm³/mol. The smallest absolute Gasteiger partial charge is 0.329 e. The third kappa shape index (κ3) is 2.28. The number of primary amides is 1. The van der Waals surface area contributed by atoms with Gasteiger partial charge in [-0.3, -0.25) is 4.79 Å². The van der Waals surface area contributed by atoms with Crippen molar-refractivity contribution >= 4 is 33.5 Å². The van der Waals surface area contributed by atoms with E-state index in [2.05, 4.69) is 15.9 Å². The Bertz CT molecular complexity index is 561. The van der Waals surface area contributed by atoms with Gasteiger partial charge in [-0.05, 0) is 53.4 Å². The van der Waals surface area contributed by atoms with E-state index in [1.165, 1.54) is 0 Å². The van der Waals surface area contributed by atoms with Gasteiger partial charge in [0.25, 0.3) is 0 Å². The number of aliphatic carboxylic acids is 1. The van der Waals surface area contributed by atoms with Crippen LogP contribution in [-0.4, -0.2) is 29.1 Å². The molecule has 3 N–H and O–H groups in total. The molecule has 1 atom stereocenters. The Balaban J connectivity index is 2.45. The topological polar surface area (TPSA) is 83.6 Å². The summed E-state index contributed by atoms with van der Waals surface area (Å²) in [6.07, 6.45) is 2.00. The molecule has 20 heavy (non-hydrogen) atoms. The fourth-order valence-electron chi connectivity index (χ4n) is 2.85. The Morgan fingerprint density at radius 3 is 2.70 bits per heavy atom. The van der Waals surface area contributed by atoms with E-state index in [9.17, 15) is 14.7 Å². The summed E-state index contributed by atoms with van der Waals surface area (Å²) in [6.45, 7) is 2.58. The highest BCUT2D eigenvalue weighted by Gasteiger charge is 2.46. The van der Waals surface area contributed by atoms with Gasteiger partial charge in [0, 0.05) is 16.6 Å². The van der Waals surface area contributed by atoms with E-state index in [4.69, 9.17) is 5.73 Å². The molecule has 108 valence electrons. The van der Waals surface area contributed by atoms with Gasteiger partial charge in [0.15, 0.2) is 0 Å². The monoisotopic (exact) mass is 340 g/mol. The van der Waals surface area contributed by atoms with Crippen LogP contribution in [0.1, 0.15) is 36.5 Å². The van der Waals surface area contributed by atoms with Gasteiger partial charge in [0.2, 0.25) is 5.91 Å². The molecule has 0 spiro atoms. The van der Waals surface area contributed by atoms with Crippen LogP contribution in [0.15, 0.2) is 22.7 Å². The Hall–Kier alpha value is -1.56. The van der Waals surface area contributed by atoms with Crippen molar-refractivity contribution in [3.63, 3.8) is 0 Å². The van der Waals surface area contributed by atoms with Crippen molar-refractivity contribution in [3.8, 4) is 0 Å². The first-order valence-electron chi connectivity index (χ1n) is 6.53.